The molecule has 0 aromatic heterocycles. The first-order valence-electron chi connectivity index (χ1n) is 9.61. The van der Waals surface area contributed by atoms with Gasteiger partial charge in [-0.25, -0.2) is 0 Å². The molecule has 0 radical (unpaired) electrons. The molecular weight excluding hydrogens is 316 g/mol. The average molecular weight is 348 g/mol. The van der Waals surface area contributed by atoms with Crippen LogP contribution in [-0.2, 0) is 19.0 Å². The molecule has 2 fully saturated rings. The Morgan fingerprint density at radius 1 is 1.24 bits per heavy atom. The molecule has 0 unspecified atom stereocenters. The van der Waals surface area contributed by atoms with Gasteiger partial charge in [-0.15, -0.1) is 0 Å². The Bertz CT molecular complexity index is 564. The van der Waals surface area contributed by atoms with Crippen LogP contribution in [0.4, 0.5) is 0 Å². The predicted octanol–water partition coefficient (Wildman–Crippen LogP) is 4.19. The lowest BCUT2D eigenvalue weighted by Gasteiger charge is -2.22. The van der Waals surface area contributed by atoms with Crippen LogP contribution in [-0.4, -0.2) is 37.5 Å². The summed E-state index contributed by atoms with van der Waals surface area (Å²) in [4.78, 5) is 12.2. The van der Waals surface area contributed by atoms with Crippen LogP contribution in [0.25, 0.3) is 0 Å². The SMILES string of the molecule is COC(=O)[C@H]1CO[C@H]2C/C(C)=C/CC/C(C)=C/CC[C@@]3(C)O[C@H]3C[C@H]21. The van der Waals surface area contributed by atoms with E-state index in [-0.39, 0.29) is 35.6 Å². The number of hydrogen-bond donors (Lipinski definition) is 0. The fourth-order valence-electron chi connectivity index (χ4n) is 4.36. The van der Waals surface area contributed by atoms with E-state index in [0.29, 0.717) is 6.61 Å². The van der Waals surface area contributed by atoms with Gasteiger partial charge in [-0.1, -0.05) is 23.3 Å². The molecule has 1 aliphatic carbocycles. The van der Waals surface area contributed by atoms with Gasteiger partial charge in [-0.2, -0.15) is 0 Å². The van der Waals surface area contributed by atoms with Gasteiger partial charge in [0.2, 0.25) is 0 Å². The highest BCUT2D eigenvalue weighted by Gasteiger charge is 2.55. The molecule has 25 heavy (non-hydrogen) atoms. The lowest BCUT2D eigenvalue weighted by atomic mass is 9.82. The van der Waals surface area contributed by atoms with E-state index in [1.54, 1.807) is 0 Å². The highest BCUT2D eigenvalue weighted by Crippen LogP contribution is 2.47. The highest BCUT2D eigenvalue weighted by molar-refractivity contribution is 5.73. The molecule has 140 valence electrons. The standard InChI is InChI=1S/C21H32O4/c1-14-7-5-8-15(2)11-18-16(17(13-24-18)20(22)23-4)12-19-21(3,25-19)10-6-9-14/h8-9,16-19H,5-7,10-13H2,1-4H3/b14-9+,15-8+/t16-,17-,18-,19-,21+/m0/s1. The van der Waals surface area contributed by atoms with E-state index >= 15 is 0 Å². The van der Waals surface area contributed by atoms with Crippen molar-refractivity contribution in [1.82, 2.24) is 0 Å². The summed E-state index contributed by atoms with van der Waals surface area (Å²) in [6, 6.07) is 0. The summed E-state index contributed by atoms with van der Waals surface area (Å²) >= 11 is 0. The Morgan fingerprint density at radius 3 is 2.76 bits per heavy atom. The largest absolute Gasteiger partial charge is 0.469 e. The molecule has 4 nitrogen and oxygen atoms in total. The zero-order chi connectivity index (χ0) is 18.0. The van der Waals surface area contributed by atoms with E-state index in [1.807, 2.05) is 0 Å². The second kappa shape index (κ2) is 7.63. The summed E-state index contributed by atoms with van der Waals surface area (Å²) < 4.78 is 17.1. The number of fused-ring (bicyclic) bond motifs is 2. The van der Waals surface area contributed by atoms with E-state index in [1.165, 1.54) is 18.3 Å². The van der Waals surface area contributed by atoms with Crippen molar-refractivity contribution in [2.24, 2.45) is 11.8 Å². The van der Waals surface area contributed by atoms with Gasteiger partial charge in [0.15, 0.2) is 0 Å². The Morgan fingerprint density at radius 2 is 2.00 bits per heavy atom. The number of carbonyl (C=O) groups excluding carboxylic acids is 1. The van der Waals surface area contributed by atoms with Gasteiger partial charge < -0.3 is 14.2 Å². The third-order valence-electron chi connectivity index (χ3n) is 6.20. The molecule has 0 saturated carbocycles. The zero-order valence-corrected chi connectivity index (χ0v) is 16.0. The number of carbonyl (C=O) groups is 1. The molecule has 0 amide bonds. The summed E-state index contributed by atoms with van der Waals surface area (Å²) in [5.41, 5.74) is 2.77. The van der Waals surface area contributed by atoms with E-state index < -0.39 is 0 Å². The summed E-state index contributed by atoms with van der Waals surface area (Å²) in [6.45, 7) is 7.07. The first kappa shape index (κ1) is 18.7. The smallest absolute Gasteiger partial charge is 0.311 e. The van der Waals surface area contributed by atoms with Crippen molar-refractivity contribution in [2.75, 3.05) is 13.7 Å². The minimum atomic E-state index is -0.161. The van der Waals surface area contributed by atoms with Crippen molar-refractivity contribution in [3.8, 4) is 0 Å². The van der Waals surface area contributed by atoms with Crippen LogP contribution in [0.2, 0.25) is 0 Å². The van der Waals surface area contributed by atoms with Crippen LogP contribution in [0, 0.1) is 11.8 Å². The van der Waals surface area contributed by atoms with Gasteiger partial charge in [0.1, 0.15) is 0 Å². The van der Waals surface area contributed by atoms with Crippen LogP contribution >= 0.6 is 0 Å². The van der Waals surface area contributed by atoms with Crippen molar-refractivity contribution in [1.29, 1.82) is 0 Å². The normalized spacial score (nSPS) is 43.5. The topological polar surface area (TPSA) is 48.1 Å². The molecule has 5 atom stereocenters. The van der Waals surface area contributed by atoms with Crippen LogP contribution in [0.1, 0.15) is 59.3 Å². The molecule has 2 saturated heterocycles. The molecule has 2 aliphatic heterocycles. The molecule has 3 aliphatic rings. The molecule has 2 heterocycles. The lowest BCUT2D eigenvalue weighted by molar-refractivity contribution is -0.146. The van der Waals surface area contributed by atoms with Crippen molar-refractivity contribution in [2.45, 2.75) is 77.1 Å². The molecule has 4 heteroatoms. The lowest BCUT2D eigenvalue weighted by Crippen LogP contribution is -2.29. The summed E-state index contributed by atoms with van der Waals surface area (Å²) in [5.74, 6) is -0.120. The summed E-state index contributed by atoms with van der Waals surface area (Å²) in [6.07, 6.45) is 11.1. The maximum atomic E-state index is 12.2. The van der Waals surface area contributed by atoms with Crippen molar-refractivity contribution in [3.63, 3.8) is 0 Å². The first-order valence-corrected chi connectivity index (χ1v) is 9.61. The van der Waals surface area contributed by atoms with E-state index in [2.05, 4.69) is 32.9 Å². The van der Waals surface area contributed by atoms with E-state index in [0.717, 1.165) is 38.5 Å². The van der Waals surface area contributed by atoms with Crippen LogP contribution in [0.15, 0.2) is 23.3 Å². The summed E-state index contributed by atoms with van der Waals surface area (Å²) in [7, 11) is 1.47. The van der Waals surface area contributed by atoms with E-state index in [4.69, 9.17) is 14.2 Å². The Labute approximate surface area is 151 Å². The van der Waals surface area contributed by atoms with E-state index in [9.17, 15) is 4.79 Å². The van der Waals surface area contributed by atoms with Crippen LogP contribution in [0.3, 0.4) is 0 Å². The Kier molecular flexibility index (Phi) is 5.69. The van der Waals surface area contributed by atoms with Gasteiger partial charge in [0.25, 0.3) is 0 Å². The number of epoxide rings is 1. The van der Waals surface area contributed by atoms with Gasteiger partial charge >= 0.3 is 5.97 Å². The predicted molar refractivity (Wildman–Crippen MR) is 97.2 cm³/mol. The van der Waals surface area contributed by atoms with Crippen molar-refractivity contribution in [3.05, 3.63) is 23.3 Å². The Balaban J connectivity index is 1.78. The van der Waals surface area contributed by atoms with Gasteiger partial charge in [-0.3, -0.25) is 4.79 Å². The number of methoxy groups -OCH3 is 1. The first-order chi connectivity index (χ1) is 11.9. The minimum Gasteiger partial charge on any atom is -0.469 e. The Hall–Kier alpha value is -1.13. The molecule has 0 bridgehead atoms. The maximum absolute atomic E-state index is 12.2. The number of esters is 1. The van der Waals surface area contributed by atoms with Crippen LogP contribution < -0.4 is 0 Å². The second-order valence-electron chi connectivity index (χ2n) is 8.20. The number of ether oxygens (including phenoxy) is 3. The van der Waals surface area contributed by atoms with Gasteiger partial charge in [0, 0.05) is 5.92 Å². The molecule has 0 aromatic carbocycles. The second-order valence-corrected chi connectivity index (χ2v) is 8.20. The number of allylic oxidation sites excluding steroid dienone is 3. The molecule has 0 N–H and O–H groups in total. The van der Waals surface area contributed by atoms with Gasteiger partial charge in [0.05, 0.1) is 37.4 Å². The zero-order valence-electron chi connectivity index (χ0n) is 16.0. The third kappa shape index (κ3) is 4.35. The molecule has 3 rings (SSSR count). The summed E-state index contributed by atoms with van der Waals surface area (Å²) in [5, 5.41) is 0. The molecular formula is C21H32O4. The fourth-order valence-corrected chi connectivity index (χ4v) is 4.36. The fraction of sp³-hybridized carbons (Fsp3) is 0.762. The van der Waals surface area contributed by atoms with Crippen LogP contribution in [0.5, 0.6) is 0 Å². The van der Waals surface area contributed by atoms with Gasteiger partial charge in [-0.05, 0) is 59.3 Å². The monoisotopic (exact) mass is 348 g/mol. The maximum Gasteiger partial charge on any atom is 0.311 e. The quantitative estimate of drug-likeness (QED) is 0.405. The van der Waals surface area contributed by atoms with Crippen molar-refractivity contribution < 1.29 is 19.0 Å². The third-order valence-corrected chi connectivity index (χ3v) is 6.20. The minimum absolute atomic E-state index is 0.0421. The average Bonchev–Trinajstić information content (AvgIpc) is 3.03. The van der Waals surface area contributed by atoms with Crippen molar-refractivity contribution >= 4 is 5.97 Å². The highest BCUT2D eigenvalue weighted by atomic mass is 16.6. The molecule has 0 spiro atoms. The molecule has 0 aromatic rings. The number of rotatable bonds is 1. The number of hydrogen-bond acceptors (Lipinski definition) is 4.